The molecular formula is C21H27N3O2. The highest BCUT2D eigenvalue weighted by molar-refractivity contribution is 5.45. The van der Waals surface area contributed by atoms with Crippen molar-refractivity contribution in [1.29, 1.82) is 0 Å². The Labute approximate surface area is 154 Å². The summed E-state index contributed by atoms with van der Waals surface area (Å²) in [5.74, 6) is 0. The second kappa shape index (κ2) is 6.99. The fourth-order valence-corrected chi connectivity index (χ4v) is 4.57. The van der Waals surface area contributed by atoms with E-state index in [-0.39, 0.29) is 18.2 Å². The van der Waals surface area contributed by atoms with Crippen LogP contribution >= 0.6 is 0 Å². The van der Waals surface area contributed by atoms with E-state index in [2.05, 4.69) is 34.1 Å². The van der Waals surface area contributed by atoms with Crippen LogP contribution in [0.15, 0.2) is 48.8 Å². The molecule has 3 N–H and O–H groups in total. The summed E-state index contributed by atoms with van der Waals surface area (Å²) < 4.78 is 6.24. The molecule has 0 unspecified atom stereocenters. The molecule has 5 heteroatoms. The maximum Gasteiger partial charge on any atom is 0.106 e. The number of nitrogen functional groups attached to an aromatic ring is 1. The van der Waals surface area contributed by atoms with Crippen LogP contribution in [0.25, 0.3) is 0 Å². The van der Waals surface area contributed by atoms with Crippen LogP contribution in [0.2, 0.25) is 0 Å². The number of ether oxygens (including phenoxy) is 1. The van der Waals surface area contributed by atoms with Crippen molar-refractivity contribution in [3.63, 3.8) is 0 Å². The summed E-state index contributed by atoms with van der Waals surface area (Å²) in [4.78, 5) is 6.50. The fraction of sp³-hybridized carbons (Fsp3) is 0.476. The van der Waals surface area contributed by atoms with Gasteiger partial charge in [-0.25, -0.2) is 0 Å². The van der Waals surface area contributed by atoms with Gasteiger partial charge in [-0.3, -0.25) is 9.88 Å². The van der Waals surface area contributed by atoms with Gasteiger partial charge in [0.15, 0.2) is 0 Å². The molecule has 1 aromatic heterocycles. The largest absolute Gasteiger partial charge is 0.397 e. The van der Waals surface area contributed by atoms with Crippen LogP contribution in [-0.2, 0) is 11.3 Å². The molecule has 2 aliphatic rings. The number of nitrogens with two attached hydrogens (primary N) is 1. The Morgan fingerprint density at radius 3 is 2.88 bits per heavy atom. The van der Waals surface area contributed by atoms with E-state index in [0.29, 0.717) is 5.69 Å². The predicted molar refractivity (Wildman–Crippen MR) is 101 cm³/mol. The highest BCUT2D eigenvalue weighted by atomic mass is 16.5. The number of anilines is 1. The normalized spacial score (nSPS) is 32.2. The van der Waals surface area contributed by atoms with E-state index in [4.69, 9.17) is 10.5 Å². The van der Waals surface area contributed by atoms with Gasteiger partial charge in [0.1, 0.15) is 5.60 Å². The van der Waals surface area contributed by atoms with Crippen molar-refractivity contribution in [2.45, 2.75) is 56.6 Å². The monoisotopic (exact) mass is 353 g/mol. The molecule has 0 spiro atoms. The standard InChI is InChI=1S/C21H27N3O2/c1-15-21(25)9-5-11-24(14-16-6-3-2-4-7-16)20(21)12-19(26-15)17-8-10-23-13-18(17)22/h2-4,6-8,10,13,15,19-20,25H,5,9,11-12,14,22H2,1H3/t15-,19-,20-,21-/m1/s1. The number of hydrogen-bond acceptors (Lipinski definition) is 5. The lowest BCUT2D eigenvalue weighted by atomic mass is 9.75. The number of aromatic nitrogens is 1. The van der Waals surface area contributed by atoms with Crippen molar-refractivity contribution in [3.8, 4) is 0 Å². The maximum absolute atomic E-state index is 11.4. The van der Waals surface area contributed by atoms with Gasteiger partial charge in [-0.2, -0.15) is 0 Å². The van der Waals surface area contributed by atoms with Crippen LogP contribution in [0.3, 0.4) is 0 Å². The van der Waals surface area contributed by atoms with Crippen LogP contribution in [0.1, 0.15) is 43.4 Å². The zero-order valence-electron chi connectivity index (χ0n) is 15.2. The first-order chi connectivity index (χ1) is 12.6. The molecule has 138 valence electrons. The van der Waals surface area contributed by atoms with Crippen molar-refractivity contribution in [2.75, 3.05) is 12.3 Å². The summed E-state index contributed by atoms with van der Waals surface area (Å²) in [7, 11) is 0. The molecule has 5 nitrogen and oxygen atoms in total. The minimum absolute atomic E-state index is 0.0535. The zero-order chi connectivity index (χ0) is 18.1. The van der Waals surface area contributed by atoms with Crippen LogP contribution in [-0.4, -0.2) is 39.3 Å². The molecule has 0 aliphatic carbocycles. The van der Waals surface area contributed by atoms with E-state index in [1.807, 2.05) is 19.1 Å². The third kappa shape index (κ3) is 3.11. The second-order valence-corrected chi connectivity index (χ2v) is 7.57. The molecule has 4 rings (SSSR count). The summed E-state index contributed by atoms with van der Waals surface area (Å²) in [6, 6.07) is 12.5. The summed E-state index contributed by atoms with van der Waals surface area (Å²) in [6.45, 7) is 3.83. The molecule has 2 saturated heterocycles. The highest BCUT2D eigenvalue weighted by Crippen LogP contribution is 2.45. The molecule has 4 atom stereocenters. The van der Waals surface area contributed by atoms with Gasteiger partial charge in [-0.1, -0.05) is 30.3 Å². The first kappa shape index (κ1) is 17.5. The number of aliphatic hydroxyl groups is 1. The molecule has 2 aromatic rings. The number of piperidine rings is 1. The zero-order valence-corrected chi connectivity index (χ0v) is 15.2. The first-order valence-electron chi connectivity index (χ1n) is 9.43. The molecule has 3 heterocycles. The van der Waals surface area contributed by atoms with Crippen molar-refractivity contribution in [3.05, 3.63) is 59.9 Å². The van der Waals surface area contributed by atoms with Gasteiger partial charge in [0, 0.05) is 24.3 Å². The topological polar surface area (TPSA) is 71.6 Å². The van der Waals surface area contributed by atoms with E-state index >= 15 is 0 Å². The third-order valence-electron chi connectivity index (χ3n) is 6.01. The lowest BCUT2D eigenvalue weighted by molar-refractivity contribution is -0.224. The summed E-state index contributed by atoms with van der Waals surface area (Å²) in [5, 5.41) is 11.4. The van der Waals surface area contributed by atoms with Gasteiger partial charge in [0.25, 0.3) is 0 Å². The Bertz CT molecular complexity index is 754. The Morgan fingerprint density at radius 1 is 1.31 bits per heavy atom. The Hall–Kier alpha value is -1.95. The van der Waals surface area contributed by atoms with Crippen molar-refractivity contribution >= 4 is 5.69 Å². The molecule has 1 aromatic carbocycles. The molecule has 2 aliphatic heterocycles. The van der Waals surface area contributed by atoms with Crippen molar-refractivity contribution < 1.29 is 9.84 Å². The SMILES string of the molecule is C[C@H]1O[C@@H](c2ccncc2N)C[C@H]2N(Cc3ccccc3)CCC[C@@]12O. The predicted octanol–water partition coefficient (Wildman–Crippen LogP) is 2.91. The van der Waals surface area contributed by atoms with Crippen LogP contribution in [0.5, 0.6) is 0 Å². The summed E-state index contributed by atoms with van der Waals surface area (Å²) in [6.07, 6.45) is 5.57. The van der Waals surface area contributed by atoms with Crippen molar-refractivity contribution in [1.82, 2.24) is 9.88 Å². The molecule has 0 bridgehead atoms. The molecule has 2 fully saturated rings. The Balaban J connectivity index is 1.62. The molecular weight excluding hydrogens is 326 g/mol. The minimum Gasteiger partial charge on any atom is -0.397 e. The second-order valence-electron chi connectivity index (χ2n) is 7.57. The van der Waals surface area contributed by atoms with E-state index < -0.39 is 5.60 Å². The lowest BCUT2D eigenvalue weighted by Gasteiger charge is -2.54. The van der Waals surface area contributed by atoms with Gasteiger partial charge >= 0.3 is 0 Å². The minimum atomic E-state index is -0.814. The first-order valence-corrected chi connectivity index (χ1v) is 9.43. The average molecular weight is 353 g/mol. The lowest BCUT2D eigenvalue weighted by Crippen LogP contribution is -2.65. The Morgan fingerprint density at radius 2 is 2.12 bits per heavy atom. The van der Waals surface area contributed by atoms with Gasteiger partial charge < -0.3 is 15.6 Å². The van der Waals surface area contributed by atoms with E-state index in [0.717, 1.165) is 37.9 Å². The number of pyridine rings is 1. The number of benzene rings is 1. The smallest absolute Gasteiger partial charge is 0.106 e. The number of rotatable bonds is 3. The number of fused-ring (bicyclic) bond motifs is 1. The van der Waals surface area contributed by atoms with Gasteiger partial charge in [-0.15, -0.1) is 0 Å². The molecule has 0 radical (unpaired) electrons. The number of nitrogens with zero attached hydrogens (tertiary/aromatic N) is 2. The summed E-state index contributed by atoms with van der Waals surface area (Å²) in [5.41, 5.74) is 8.22. The molecule has 0 saturated carbocycles. The van der Waals surface area contributed by atoms with E-state index in [1.54, 1.807) is 12.4 Å². The average Bonchev–Trinajstić information content (AvgIpc) is 2.64. The number of hydrogen-bond donors (Lipinski definition) is 2. The third-order valence-corrected chi connectivity index (χ3v) is 6.01. The van der Waals surface area contributed by atoms with Gasteiger partial charge in [0.2, 0.25) is 0 Å². The van der Waals surface area contributed by atoms with Gasteiger partial charge in [-0.05, 0) is 44.4 Å². The van der Waals surface area contributed by atoms with E-state index in [9.17, 15) is 5.11 Å². The van der Waals surface area contributed by atoms with Crippen LogP contribution < -0.4 is 5.73 Å². The highest BCUT2D eigenvalue weighted by Gasteiger charge is 2.52. The fourth-order valence-electron chi connectivity index (χ4n) is 4.57. The summed E-state index contributed by atoms with van der Waals surface area (Å²) >= 11 is 0. The van der Waals surface area contributed by atoms with Gasteiger partial charge in [0.05, 0.1) is 24.1 Å². The Kier molecular flexibility index (Phi) is 4.69. The molecule has 26 heavy (non-hydrogen) atoms. The van der Waals surface area contributed by atoms with Crippen LogP contribution in [0.4, 0.5) is 5.69 Å². The quantitative estimate of drug-likeness (QED) is 0.888. The van der Waals surface area contributed by atoms with E-state index in [1.165, 1.54) is 5.56 Å². The number of likely N-dealkylation sites (tertiary alicyclic amines) is 1. The van der Waals surface area contributed by atoms with Crippen LogP contribution in [0, 0.1) is 0 Å². The van der Waals surface area contributed by atoms with Crippen molar-refractivity contribution in [2.24, 2.45) is 0 Å². The molecule has 0 amide bonds. The maximum atomic E-state index is 11.4.